The van der Waals surface area contributed by atoms with Crippen LogP contribution < -0.4 is 4.89 Å². The van der Waals surface area contributed by atoms with Crippen LogP contribution in [0.1, 0.15) is 188 Å². The Bertz CT molecular complexity index is 1500. The molecule has 1 unspecified atom stereocenters. The van der Waals surface area contributed by atoms with Gasteiger partial charge in [-0.05, 0) is 63.9 Å². The summed E-state index contributed by atoms with van der Waals surface area (Å²) >= 11 is 0. The van der Waals surface area contributed by atoms with Gasteiger partial charge in [-0.15, -0.1) is 0 Å². The number of likely N-dealkylation sites (N-methyl/N-ethyl adjacent to an activating group) is 1. The summed E-state index contributed by atoms with van der Waals surface area (Å²) in [5, 5.41) is 0. The Hall–Kier alpha value is -2.65. The van der Waals surface area contributed by atoms with Crippen LogP contribution in [0.15, 0.2) is 60.7 Å². The van der Waals surface area contributed by atoms with Crippen molar-refractivity contribution in [1.82, 2.24) is 0 Å². The van der Waals surface area contributed by atoms with E-state index in [9.17, 15) is 19.0 Å². The summed E-state index contributed by atoms with van der Waals surface area (Å²) in [4.78, 5) is 37.9. The number of phosphoric acid groups is 1. The van der Waals surface area contributed by atoms with Crippen molar-refractivity contribution >= 4 is 19.6 Å². The van der Waals surface area contributed by atoms with Gasteiger partial charge in [-0.2, -0.15) is 0 Å². The molecule has 2 rings (SSSR count). The normalized spacial score (nSPS) is 13.4. The van der Waals surface area contributed by atoms with Crippen molar-refractivity contribution < 1.29 is 42.1 Å². The number of hydrogen-bond acceptors (Lipinski definition) is 8. The minimum atomic E-state index is -4.55. The molecule has 0 saturated carbocycles. The third-order valence-corrected chi connectivity index (χ3v) is 12.2. The quantitative estimate of drug-likeness (QED) is 0.0162. The standard InChI is InChI=1S/C52H86NO8P/c1-6-7-8-9-10-11-12-13-14-15-16-20-23-26-29-32-51(54)61-50(45-60-62(56,57)59-43-41-53(3,4)5)44-58-42-30-27-24-21-18-17-19-22-25-28-31-47-35-39-49(40-36-47)52(55)48-37-33-46(2)34-38-48/h13-14,33-40,50H,6-12,15-32,41-45H2,1-5H3/b14-13-/t50-/m1/s1. The molecule has 0 N–H and O–H groups in total. The van der Waals surface area contributed by atoms with Crippen LogP contribution in [0.3, 0.4) is 0 Å². The van der Waals surface area contributed by atoms with E-state index >= 15 is 0 Å². The zero-order valence-corrected chi connectivity index (χ0v) is 40.6. The highest BCUT2D eigenvalue weighted by atomic mass is 31.2. The Balaban J connectivity index is 1.55. The van der Waals surface area contributed by atoms with Gasteiger partial charge >= 0.3 is 5.97 Å². The summed E-state index contributed by atoms with van der Waals surface area (Å²) in [5.41, 5.74) is 3.91. The number of carbonyl (C=O) groups is 2. The van der Waals surface area contributed by atoms with Crippen LogP contribution >= 0.6 is 7.82 Å². The zero-order valence-electron chi connectivity index (χ0n) is 39.7. The third kappa shape index (κ3) is 30.4. The average molecular weight is 884 g/mol. The summed E-state index contributed by atoms with van der Waals surface area (Å²) in [7, 11) is 1.31. The van der Waals surface area contributed by atoms with Crippen molar-refractivity contribution in [1.29, 1.82) is 0 Å². The number of benzene rings is 2. The van der Waals surface area contributed by atoms with Gasteiger partial charge in [0.05, 0.1) is 34.4 Å². The van der Waals surface area contributed by atoms with E-state index in [-0.39, 0.29) is 38.0 Å². The van der Waals surface area contributed by atoms with E-state index < -0.39 is 13.9 Å². The molecular formula is C52H86NO8P. The van der Waals surface area contributed by atoms with Crippen LogP contribution in [0, 0.1) is 6.92 Å². The Morgan fingerprint density at radius 1 is 0.629 bits per heavy atom. The van der Waals surface area contributed by atoms with Crippen LogP contribution in [0.4, 0.5) is 0 Å². The molecule has 0 radical (unpaired) electrons. The van der Waals surface area contributed by atoms with Gasteiger partial charge in [0.15, 0.2) is 5.78 Å². The van der Waals surface area contributed by atoms with Gasteiger partial charge in [0.25, 0.3) is 7.82 Å². The van der Waals surface area contributed by atoms with Crippen LogP contribution in [0.2, 0.25) is 0 Å². The topological polar surface area (TPSA) is 111 Å². The average Bonchev–Trinajstić information content (AvgIpc) is 3.24. The number of aryl methyl sites for hydroxylation is 2. The molecule has 0 saturated heterocycles. The Morgan fingerprint density at radius 3 is 1.69 bits per heavy atom. The first-order chi connectivity index (χ1) is 29.9. The molecule has 352 valence electrons. The number of hydrogen-bond donors (Lipinski definition) is 0. The molecule has 0 aliphatic carbocycles. The first-order valence-corrected chi connectivity index (χ1v) is 25.9. The smallest absolute Gasteiger partial charge is 0.306 e. The Kier molecular flexibility index (Phi) is 31.1. The van der Waals surface area contributed by atoms with Crippen molar-refractivity contribution in [3.8, 4) is 0 Å². The summed E-state index contributed by atoms with van der Waals surface area (Å²) in [5.74, 6) is -0.284. The molecule has 0 spiro atoms. The van der Waals surface area contributed by atoms with Gasteiger partial charge in [0.1, 0.15) is 19.3 Å². The number of phosphoric ester groups is 1. The fourth-order valence-electron chi connectivity index (χ4n) is 7.20. The molecule has 0 amide bonds. The minimum Gasteiger partial charge on any atom is -0.756 e. The molecule has 2 aromatic carbocycles. The number of ether oxygens (including phenoxy) is 2. The molecule has 2 aromatic rings. The molecular weight excluding hydrogens is 798 g/mol. The van der Waals surface area contributed by atoms with E-state index in [1.807, 2.05) is 64.5 Å². The lowest BCUT2D eigenvalue weighted by molar-refractivity contribution is -0.870. The molecule has 0 bridgehead atoms. The molecule has 0 heterocycles. The lowest BCUT2D eigenvalue weighted by atomic mass is 9.99. The maximum absolute atomic E-state index is 12.7. The van der Waals surface area contributed by atoms with E-state index in [4.69, 9.17) is 18.5 Å². The lowest BCUT2D eigenvalue weighted by Gasteiger charge is -2.28. The molecule has 0 aliphatic heterocycles. The van der Waals surface area contributed by atoms with Gasteiger partial charge in [-0.1, -0.05) is 176 Å². The zero-order chi connectivity index (χ0) is 45.2. The molecule has 0 aromatic heterocycles. The first kappa shape index (κ1) is 55.5. The highest BCUT2D eigenvalue weighted by Gasteiger charge is 2.20. The van der Waals surface area contributed by atoms with Gasteiger partial charge in [-0.25, -0.2) is 0 Å². The number of quaternary nitrogens is 1. The second kappa shape index (κ2) is 34.7. The van der Waals surface area contributed by atoms with E-state index in [0.29, 0.717) is 17.6 Å². The highest BCUT2D eigenvalue weighted by Crippen LogP contribution is 2.38. The van der Waals surface area contributed by atoms with Crippen molar-refractivity contribution in [3.63, 3.8) is 0 Å². The molecule has 62 heavy (non-hydrogen) atoms. The van der Waals surface area contributed by atoms with E-state index in [0.717, 1.165) is 80.9 Å². The van der Waals surface area contributed by atoms with E-state index in [1.165, 1.54) is 95.5 Å². The second-order valence-electron chi connectivity index (χ2n) is 18.3. The number of allylic oxidation sites excluding steroid dienone is 2. The number of carbonyl (C=O) groups excluding carboxylic acids is 2. The van der Waals surface area contributed by atoms with Crippen LogP contribution in [-0.2, 0) is 34.3 Å². The number of rotatable bonds is 40. The minimum absolute atomic E-state index is 0.0118. The number of ketones is 1. The molecule has 10 heteroatoms. The predicted molar refractivity (Wildman–Crippen MR) is 253 cm³/mol. The SMILES string of the molecule is CCCCCCCC/C=C\CCCCCCCC(=O)O[C@H](COCCCCCCCCCCCCc1ccc(C(=O)c2ccc(C)cc2)cc1)COP(=O)([O-])OCC[N+](C)(C)C. The van der Waals surface area contributed by atoms with Crippen molar-refractivity contribution in [2.45, 2.75) is 180 Å². The van der Waals surface area contributed by atoms with E-state index in [1.54, 1.807) is 0 Å². The summed E-state index contributed by atoms with van der Waals surface area (Å²) in [6, 6.07) is 15.8. The Morgan fingerprint density at radius 2 is 1.13 bits per heavy atom. The molecule has 2 atom stereocenters. The first-order valence-electron chi connectivity index (χ1n) is 24.4. The van der Waals surface area contributed by atoms with Crippen molar-refractivity contribution in [2.24, 2.45) is 0 Å². The van der Waals surface area contributed by atoms with Crippen molar-refractivity contribution in [2.75, 3.05) is 54.1 Å². The van der Waals surface area contributed by atoms with E-state index in [2.05, 4.69) is 31.2 Å². The number of nitrogens with zero attached hydrogens (tertiary/aromatic N) is 1. The van der Waals surface area contributed by atoms with Crippen LogP contribution in [0.25, 0.3) is 0 Å². The number of unbranched alkanes of at least 4 members (excludes halogenated alkanes) is 20. The second-order valence-corrected chi connectivity index (χ2v) is 19.7. The molecule has 0 fully saturated rings. The largest absolute Gasteiger partial charge is 0.756 e. The van der Waals surface area contributed by atoms with Crippen LogP contribution in [0.5, 0.6) is 0 Å². The molecule has 0 aliphatic rings. The fourth-order valence-corrected chi connectivity index (χ4v) is 7.92. The maximum Gasteiger partial charge on any atom is 0.306 e. The predicted octanol–water partition coefficient (Wildman–Crippen LogP) is 12.8. The Labute approximate surface area is 377 Å². The summed E-state index contributed by atoms with van der Waals surface area (Å²) in [6.45, 7) is 5.07. The lowest BCUT2D eigenvalue weighted by Crippen LogP contribution is -2.37. The molecule has 9 nitrogen and oxygen atoms in total. The third-order valence-electron chi connectivity index (χ3n) is 11.2. The summed E-state index contributed by atoms with van der Waals surface area (Å²) < 4.78 is 34.7. The maximum atomic E-state index is 12.7. The number of esters is 1. The van der Waals surface area contributed by atoms with Gasteiger partial charge < -0.3 is 27.9 Å². The van der Waals surface area contributed by atoms with Gasteiger partial charge in [0, 0.05) is 24.2 Å². The van der Waals surface area contributed by atoms with Crippen molar-refractivity contribution in [3.05, 3.63) is 82.9 Å². The van der Waals surface area contributed by atoms with Gasteiger partial charge in [-0.3, -0.25) is 14.2 Å². The van der Waals surface area contributed by atoms with Crippen LogP contribution in [-0.4, -0.2) is 76.5 Å². The monoisotopic (exact) mass is 884 g/mol. The highest BCUT2D eigenvalue weighted by molar-refractivity contribution is 7.45. The fraction of sp³-hybridized carbons (Fsp3) is 0.692. The summed E-state index contributed by atoms with van der Waals surface area (Å²) in [6.07, 6.45) is 32.2. The van der Waals surface area contributed by atoms with Gasteiger partial charge in [0.2, 0.25) is 0 Å².